The summed E-state index contributed by atoms with van der Waals surface area (Å²) in [4.78, 5) is 14.4. The Labute approximate surface area is 98.7 Å². The predicted molar refractivity (Wildman–Crippen MR) is 58.0 cm³/mol. The van der Waals surface area contributed by atoms with E-state index in [-0.39, 0.29) is 11.1 Å². The van der Waals surface area contributed by atoms with Crippen LogP contribution in [-0.2, 0) is 11.2 Å². The summed E-state index contributed by atoms with van der Waals surface area (Å²) in [5.74, 6) is -1.14. The molecule has 1 N–H and O–H groups in total. The number of hydrogen-bond donors (Lipinski definition) is 1. The number of pyridine rings is 1. The first kappa shape index (κ1) is 12.3. The second-order valence-electron chi connectivity index (χ2n) is 3.00. The maximum atomic E-state index is 12.7. The van der Waals surface area contributed by atoms with E-state index in [0.717, 1.165) is 0 Å². The lowest BCUT2D eigenvalue weighted by Gasteiger charge is -2.11. The van der Waals surface area contributed by atoms with Crippen molar-refractivity contribution in [2.24, 2.45) is 0 Å². The average molecular weight is 327 g/mol. The van der Waals surface area contributed by atoms with Gasteiger partial charge >= 0.3 is 5.97 Å². The minimum Gasteiger partial charge on any atom is -0.481 e. The molecule has 0 spiro atoms. The molecule has 1 aromatic heterocycles. The molecule has 6 heteroatoms. The molecule has 0 fully saturated rings. The molecule has 1 rings (SSSR count). The summed E-state index contributed by atoms with van der Waals surface area (Å²) in [6, 6.07) is 0. The Morgan fingerprint density at radius 2 is 2.27 bits per heavy atom. The molecule has 0 saturated heterocycles. The molecular formula is C9H8F2INO2. The molecule has 0 amide bonds. The summed E-state index contributed by atoms with van der Waals surface area (Å²) in [7, 11) is 0. The summed E-state index contributed by atoms with van der Waals surface area (Å²) in [5, 5.41) is 8.61. The van der Waals surface area contributed by atoms with Crippen molar-refractivity contribution in [3.8, 4) is 0 Å². The third-order valence-electron chi connectivity index (χ3n) is 1.92. The number of carboxylic acid groups (broad SMARTS) is 1. The van der Waals surface area contributed by atoms with Gasteiger partial charge in [-0.25, -0.2) is 13.8 Å². The van der Waals surface area contributed by atoms with E-state index in [9.17, 15) is 13.6 Å². The summed E-state index contributed by atoms with van der Waals surface area (Å²) in [6.07, 6.45) is -1.77. The highest BCUT2D eigenvalue weighted by Crippen LogP contribution is 2.28. The minimum atomic E-state index is -2.67. The van der Waals surface area contributed by atoms with E-state index in [4.69, 9.17) is 5.11 Å². The number of hydrogen-bond acceptors (Lipinski definition) is 2. The number of carboxylic acids is 1. The Morgan fingerprint density at radius 1 is 1.67 bits per heavy atom. The van der Waals surface area contributed by atoms with Gasteiger partial charge in [0.1, 0.15) is 3.70 Å². The Morgan fingerprint density at radius 3 is 2.73 bits per heavy atom. The molecule has 1 heterocycles. The van der Waals surface area contributed by atoms with Gasteiger partial charge in [0.25, 0.3) is 6.43 Å². The first-order valence-electron chi connectivity index (χ1n) is 4.07. The summed E-state index contributed by atoms with van der Waals surface area (Å²) in [6.45, 7) is 1.50. The van der Waals surface area contributed by atoms with E-state index in [1.807, 2.05) is 0 Å². The summed E-state index contributed by atoms with van der Waals surface area (Å²) in [5.41, 5.74) is 0.219. The molecule has 3 nitrogen and oxygen atoms in total. The van der Waals surface area contributed by atoms with Gasteiger partial charge < -0.3 is 5.11 Å². The molecule has 1 aromatic rings. The molecule has 0 aliphatic rings. The molecule has 0 aliphatic carbocycles. The highest BCUT2D eigenvalue weighted by atomic mass is 127. The monoisotopic (exact) mass is 327 g/mol. The molecule has 0 aromatic carbocycles. The molecule has 0 aliphatic heterocycles. The van der Waals surface area contributed by atoms with Crippen molar-refractivity contribution in [3.05, 3.63) is 26.6 Å². The van der Waals surface area contributed by atoms with Gasteiger partial charge in [0.15, 0.2) is 0 Å². The SMILES string of the molecule is Cc1cnc(I)c(CC(=O)O)c1C(F)F. The van der Waals surface area contributed by atoms with Crippen LogP contribution in [0.2, 0.25) is 0 Å². The zero-order chi connectivity index (χ0) is 11.6. The topological polar surface area (TPSA) is 50.2 Å². The van der Waals surface area contributed by atoms with E-state index < -0.39 is 18.8 Å². The third-order valence-corrected chi connectivity index (χ3v) is 2.85. The molecule has 0 atom stereocenters. The quantitative estimate of drug-likeness (QED) is 0.686. The highest BCUT2D eigenvalue weighted by molar-refractivity contribution is 14.1. The van der Waals surface area contributed by atoms with E-state index in [0.29, 0.717) is 9.26 Å². The van der Waals surface area contributed by atoms with Gasteiger partial charge in [0.05, 0.1) is 6.42 Å². The van der Waals surface area contributed by atoms with E-state index in [1.54, 1.807) is 22.6 Å². The number of alkyl halides is 2. The standard InChI is InChI=1S/C9H8F2INO2/c1-4-3-13-9(12)5(2-6(14)15)7(4)8(10)11/h3,8H,2H2,1H3,(H,14,15). The van der Waals surface area contributed by atoms with Crippen LogP contribution in [0.4, 0.5) is 8.78 Å². The van der Waals surface area contributed by atoms with Crippen molar-refractivity contribution in [3.63, 3.8) is 0 Å². The van der Waals surface area contributed by atoms with E-state index in [2.05, 4.69) is 4.98 Å². The van der Waals surface area contributed by atoms with Crippen LogP contribution in [0.25, 0.3) is 0 Å². The number of rotatable bonds is 3. The third kappa shape index (κ3) is 2.83. The van der Waals surface area contributed by atoms with Crippen LogP contribution in [0.3, 0.4) is 0 Å². The molecule has 0 saturated carbocycles. The molecular weight excluding hydrogens is 319 g/mol. The van der Waals surface area contributed by atoms with Crippen LogP contribution >= 0.6 is 22.6 Å². The van der Waals surface area contributed by atoms with Gasteiger partial charge in [-0.2, -0.15) is 0 Å². The van der Waals surface area contributed by atoms with Gasteiger partial charge in [-0.05, 0) is 35.1 Å². The smallest absolute Gasteiger partial charge is 0.307 e. The normalized spacial score (nSPS) is 10.7. The van der Waals surface area contributed by atoms with Gasteiger partial charge in [-0.3, -0.25) is 4.79 Å². The zero-order valence-electron chi connectivity index (χ0n) is 7.80. The van der Waals surface area contributed by atoms with Crippen molar-refractivity contribution < 1.29 is 18.7 Å². The number of aliphatic carboxylic acids is 1. The lowest BCUT2D eigenvalue weighted by Crippen LogP contribution is -2.09. The van der Waals surface area contributed by atoms with Gasteiger partial charge in [0.2, 0.25) is 0 Å². The second-order valence-corrected chi connectivity index (χ2v) is 4.02. The van der Waals surface area contributed by atoms with E-state index in [1.165, 1.54) is 13.1 Å². The fourth-order valence-corrected chi connectivity index (χ4v) is 1.89. The average Bonchev–Trinajstić information content (AvgIpc) is 2.10. The first-order chi connectivity index (χ1) is 6.93. The zero-order valence-corrected chi connectivity index (χ0v) is 9.96. The van der Waals surface area contributed by atoms with Crippen LogP contribution in [0, 0.1) is 10.6 Å². The predicted octanol–water partition coefficient (Wildman–Crippen LogP) is 2.56. The number of aryl methyl sites for hydroxylation is 1. The van der Waals surface area contributed by atoms with Crippen molar-refractivity contribution in [2.75, 3.05) is 0 Å². The van der Waals surface area contributed by atoms with Gasteiger partial charge in [-0.15, -0.1) is 0 Å². The highest BCUT2D eigenvalue weighted by Gasteiger charge is 2.20. The van der Waals surface area contributed by atoms with Crippen molar-refractivity contribution >= 4 is 28.6 Å². The fraction of sp³-hybridized carbons (Fsp3) is 0.333. The Hall–Kier alpha value is -0.790. The Kier molecular flexibility index (Phi) is 3.95. The largest absolute Gasteiger partial charge is 0.481 e. The van der Waals surface area contributed by atoms with Gasteiger partial charge in [-0.1, -0.05) is 0 Å². The van der Waals surface area contributed by atoms with Crippen LogP contribution in [0.1, 0.15) is 23.1 Å². The number of carbonyl (C=O) groups is 1. The number of halogens is 3. The van der Waals surface area contributed by atoms with Crippen LogP contribution in [-0.4, -0.2) is 16.1 Å². The van der Waals surface area contributed by atoms with Crippen LogP contribution in [0.15, 0.2) is 6.20 Å². The van der Waals surface area contributed by atoms with Gasteiger partial charge in [0, 0.05) is 17.3 Å². The maximum absolute atomic E-state index is 12.7. The van der Waals surface area contributed by atoms with Crippen molar-refractivity contribution in [1.29, 1.82) is 0 Å². The van der Waals surface area contributed by atoms with Crippen LogP contribution < -0.4 is 0 Å². The maximum Gasteiger partial charge on any atom is 0.307 e. The Bertz CT molecular complexity index is 396. The summed E-state index contributed by atoms with van der Waals surface area (Å²) < 4.78 is 25.7. The summed E-state index contributed by atoms with van der Waals surface area (Å²) >= 11 is 1.76. The number of nitrogens with zero attached hydrogens (tertiary/aromatic N) is 1. The van der Waals surface area contributed by atoms with Crippen molar-refractivity contribution in [2.45, 2.75) is 19.8 Å². The molecule has 0 bridgehead atoms. The molecule has 15 heavy (non-hydrogen) atoms. The van der Waals surface area contributed by atoms with Crippen molar-refractivity contribution in [1.82, 2.24) is 4.98 Å². The molecule has 0 radical (unpaired) electrons. The number of aromatic nitrogens is 1. The molecule has 0 unspecified atom stereocenters. The van der Waals surface area contributed by atoms with E-state index >= 15 is 0 Å². The lowest BCUT2D eigenvalue weighted by molar-refractivity contribution is -0.136. The second kappa shape index (κ2) is 4.82. The minimum absolute atomic E-state index is 0.109. The fourth-order valence-electron chi connectivity index (χ4n) is 1.27. The lowest BCUT2D eigenvalue weighted by atomic mass is 10.0. The first-order valence-corrected chi connectivity index (χ1v) is 5.15. The Balaban J connectivity index is 3.31. The van der Waals surface area contributed by atoms with Crippen LogP contribution in [0.5, 0.6) is 0 Å². The molecule has 82 valence electrons.